The second kappa shape index (κ2) is 8.25. The van der Waals surface area contributed by atoms with Crippen molar-refractivity contribution in [3.63, 3.8) is 0 Å². The minimum atomic E-state index is -0.257. The minimum absolute atomic E-state index is 0.0527. The van der Waals surface area contributed by atoms with Gasteiger partial charge in [0.05, 0.1) is 17.1 Å². The van der Waals surface area contributed by atoms with Gasteiger partial charge in [0.2, 0.25) is 0 Å². The van der Waals surface area contributed by atoms with E-state index < -0.39 is 0 Å². The van der Waals surface area contributed by atoms with Gasteiger partial charge in [0.15, 0.2) is 11.1 Å². The van der Waals surface area contributed by atoms with Crippen LogP contribution in [0.25, 0.3) is 22.3 Å². The summed E-state index contributed by atoms with van der Waals surface area (Å²) in [6.45, 7) is 5.68. The molecule has 0 aliphatic rings. The van der Waals surface area contributed by atoms with E-state index in [0.29, 0.717) is 28.0 Å². The number of nitrogens with zero attached hydrogens (tertiary/aromatic N) is 2. The number of fused-ring (bicyclic) bond motifs is 1. The van der Waals surface area contributed by atoms with E-state index in [2.05, 4.69) is 16.4 Å². The van der Waals surface area contributed by atoms with Crippen LogP contribution in [0.4, 0.5) is 5.69 Å². The molecule has 4 rings (SSSR count). The monoisotopic (exact) mass is 429 g/mol. The first-order chi connectivity index (χ1) is 14.9. The average Bonchev–Trinajstić information content (AvgIpc) is 2.77. The molecule has 0 aliphatic heterocycles. The van der Waals surface area contributed by atoms with Gasteiger partial charge >= 0.3 is 0 Å². The van der Waals surface area contributed by atoms with Crippen molar-refractivity contribution in [3.8, 4) is 17.4 Å². The third-order valence-electron chi connectivity index (χ3n) is 5.23. The Bertz CT molecular complexity index is 1390. The molecule has 0 bridgehead atoms. The predicted molar refractivity (Wildman–Crippen MR) is 123 cm³/mol. The van der Waals surface area contributed by atoms with Crippen LogP contribution in [-0.2, 0) is 0 Å². The fraction of sp³-hybridized carbons (Fsp3) is 0.160. The molecule has 2 aromatic carbocycles. The van der Waals surface area contributed by atoms with Crippen LogP contribution in [0.1, 0.15) is 35.3 Å². The van der Waals surface area contributed by atoms with Gasteiger partial charge in [-0.25, -0.2) is 4.98 Å². The van der Waals surface area contributed by atoms with E-state index in [1.54, 1.807) is 19.1 Å². The van der Waals surface area contributed by atoms with Crippen LogP contribution in [-0.4, -0.2) is 4.98 Å². The molecule has 0 saturated heterocycles. The summed E-state index contributed by atoms with van der Waals surface area (Å²) in [6, 6.07) is 18.6. The molecule has 0 spiro atoms. The van der Waals surface area contributed by atoms with Crippen LogP contribution in [0.5, 0.6) is 0 Å². The number of aryl methyl sites for hydroxylation is 1. The first kappa shape index (κ1) is 20.6. The largest absolute Gasteiger partial charge is 0.455 e. The number of halogens is 1. The third-order valence-corrected chi connectivity index (χ3v) is 5.44. The lowest BCUT2D eigenvalue weighted by Crippen LogP contribution is -2.13. The zero-order valence-electron chi connectivity index (χ0n) is 17.4. The molecule has 5 nitrogen and oxygen atoms in total. The number of nitrogens with one attached hydrogen (secondary N) is 1. The number of benzene rings is 2. The zero-order chi connectivity index (χ0) is 22.1. The lowest BCUT2D eigenvalue weighted by atomic mass is 9.98. The highest BCUT2D eigenvalue weighted by molar-refractivity contribution is 6.29. The second-order valence-corrected chi connectivity index (χ2v) is 7.88. The summed E-state index contributed by atoms with van der Waals surface area (Å²) in [4.78, 5) is 17.3. The maximum Gasteiger partial charge on any atom is 0.196 e. The van der Waals surface area contributed by atoms with Crippen molar-refractivity contribution in [1.82, 2.24) is 4.98 Å². The Morgan fingerprint density at radius 3 is 2.58 bits per heavy atom. The Hall–Kier alpha value is -3.62. The standard InChI is InChI=1S/C25H20ClN3O2/c1-14-11-18(16(3)28-20-9-10-22(26)29-21(20)13-27)25-19(12-14)23(30)15(2)24(31-25)17-7-5-4-6-8-17/h4-12,16,28H,1-3H3. The fourth-order valence-corrected chi connectivity index (χ4v) is 3.85. The molecule has 2 aromatic heterocycles. The second-order valence-electron chi connectivity index (χ2n) is 7.49. The predicted octanol–water partition coefficient (Wildman–Crippen LogP) is 6.17. The van der Waals surface area contributed by atoms with E-state index >= 15 is 0 Å². The molecule has 31 heavy (non-hydrogen) atoms. The minimum Gasteiger partial charge on any atom is -0.455 e. The summed E-state index contributed by atoms with van der Waals surface area (Å²) in [5, 5.41) is 13.5. The van der Waals surface area contributed by atoms with Gasteiger partial charge in [-0.2, -0.15) is 5.26 Å². The summed E-state index contributed by atoms with van der Waals surface area (Å²) >= 11 is 5.92. The molecule has 0 amide bonds. The van der Waals surface area contributed by atoms with Crippen molar-refractivity contribution in [2.45, 2.75) is 26.8 Å². The number of anilines is 1. The molecule has 0 saturated carbocycles. The SMILES string of the molecule is Cc1cc(C(C)Nc2ccc(Cl)nc2C#N)c2oc(-c3ccccc3)c(C)c(=O)c2c1. The summed E-state index contributed by atoms with van der Waals surface area (Å²) in [5.74, 6) is 0.557. The van der Waals surface area contributed by atoms with E-state index in [1.165, 1.54) is 0 Å². The Morgan fingerprint density at radius 1 is 1.13 bits per heavy atom. The quantitative estimate of drug-likeness (QED) is 0.392. The van der Waals surface area contributed by atoms with Crippen LogP contribution in [0.15, 0.2) is 63.8 Å². The number of pyridine rings is 1. The van der Waals surface area contributed by atoms with Crippen LogP contribution in [0, 0.1) is 25.2 Å². The van der Waals surface area contributed by atoms with Gasteiger partial charge in [-0.15, -0.1) is 0 Å². The van der Waals surface area contributed by atoms with Gasteiger partial charge in [0.25, 0.3) is 0 Å². The van der Waals surface area contributed by atoms with Crippen LogP contribution < -0.4 is 10.7 Å². The summed E-state index contributed by atoms with van der Waals surface area (Å²) in [7, 11) is 0. The highest BCUT2D eigenvalue weighted by atomic mass is 35.5. The molecule has 1 atom stereocenters. The zero-order valence-corrected chi connectivity index (χ0v) is 18.1. The number of aromatic nitrogens is 1. The molecule has 154 valence electrons. The normalized spacial score (nSPS) is 11.8. The molecule has 1 unspecified atom stereocenters. The molecule has 6 heteroatoms. The Morgan fingerprint density at radius 2 is 1.87 bits per heavy atom. The number of nitriles is 1. The van der Waals surface area contributed by atoms with E-state index in [9.17, 15) is 10.1 Å². The van der Waals surface area contributed by atoms with Gasteiger partial charge in [-0.05, 0) is 44.5 Å². The maximum atomic E-state index is 13.2. The van der Waals surface area contributed by atoms with Crippen molar-refractivity contribution >= 4 is 28.3 Å². The molecule has 2 heterocycles. The first-order valence-corrected chi connectivity index (χ1v) is 10.2. The third kappa shape index (κ3) is 3.90. The van der Waals surface area contributed by atoms with E-state index in [4.69, 9.17) is 16.0 Å². The maximum absolute atomic E-state index is 13.2. The van der Waals surface area contributed by atoms with Gasteiger partial charge < -0.3 is 9.73 Å². The molecule has 0 radical (unpaired) electrons. The number of hydrogen-bond donors (Lipinski definition) is 1. The van der Waals surface area contributed by atoms with Crippen molar-refractivity contribution in [1.29, 1.82) is 5.26 Å². The van der Waals surface area contributed by atoms with Crippen LogP contribution >= 0.6 is 11.6 Å². The smallest absolute Gasteiger partial charge is 0.196 e. The van der Waals surface area contributed by atoms with E-state index in [0.717, 1.165) is 16.7 Å². The summed E-state index contributed by atoms with van der Waals surface area (Å²) in [5.41, 5.74) is 4.44. The average molecular weight is 430 g/mol. The van der Waals surface area contributed by atoms with Gasteiger partial charge in [-0.3, -0.25) is 4.79 Å². The number of rotatable bonds is 4. The van der Waals surface area contributed by atoms with E-state index in [1.807, 2.05) is 56.3 Å². The van der Waals surface area contributed by atoms with Crippen LogP contribution in [0.3, 0.4) is 0 Å². The lowest BCUT2D eigenvalue weighted by molar-refractivity contribution is 0.605. The Balaban J connectivity index is 1.89. The lowest BCUT2D eigenvalue weighted by Gasteiger charge is -2.19. The molecule has 4 aromatic rings. The topological polar surface area (TPSA) is 78.9 Å². The van der Waals surface area contributed by atoms with Gasteiger partial charge in [-0.1, -0.05) is 48.0 Å². The highest BCUT2D eigenvalue weighted by Crippen LogP contribution is 2.32. The summed E-state index contributed by atoms with van der Waals surface area (Å²) < 4.78 is 6.34. The summed E-state index contributed by atoms with van der Waals surface area (Å²) in [6.07, 6.45) is 0. The van der Waals surface area contributed by atoms with Gasteiger partial charge in [0.1, 0.15) is 22.6 Å². The van der Waals surface area contributed by atoms with Crippen molar-refractivity contribution < 1.29 is 4.42 Å². The van der Waals surface area contributed by atoms with E-state index in [-0.39, 0.29) is 22.3 Å². The first-order valence-electron chi connectivity index (χ1n) is 9.85. The molecule has 1 N–H and O–H groups in total. The number of hydrogen-bond acceptors (Lipinski definition) is 5. The Kier molecular flexibility index (Phi) is 5.50. The van der Waals surface area contributed by atoms with Crippen molar-refractivity contribution in [3.05, 3.63) is 92.4 Å². The fourth-order valence-electron chi connectivity index (χ4n) is 3.70. The highest BCUT2D eigenvalue weighted by Gasteiger charge is 2.19. The van der Waals surface area contributed by atoms with Crippen molar-refractivity contribution in [2.24, 2.45) is 0 Å². The Labute approximate surface area is 184 Å². The molecule has 0 aliphatic carbocycles. The molecule has 0 fully saturated rings. The molecular formula is C25H20ClN3O2. The van der Waals surface area contributed by atoms with Crippen molar-refractivity contribution in [2.75, 3.05) is 5.32 Å². The molecular weight excluding hydrogens is 410 g/mol. The van der Waals surface area contributed by atoms with Gasteiger partial charge in [0, 0.05) is 16.7 Å². The van der Waals surface area contributed by atoms with Crippen LogP contribution in [0.2, 0.25) is 5.15 Å².